The van der Waals surface area contributed by atoms with Gasteiger partial charge in [-0.1, -0.05) is 18.3 Å². The summed E-state index contributed by atoms with van der Waals surface area (Å²) in [6, 6.07) is 5.95. The number of thiazole rings is 1. The van der Waals surface area contributed by atoms with E-state index in [0.717, 1.165) is 40.5 Å². The van der Waals surface area contributed by atoms with Crippen LogP contribution >= 0.6 is 11.3 Å². The first kappa shape index (κ1) is 13.4. The maximum absolute atomic E-state index is 11.6. The first-order chi connectivity index (χ1) is 9.76. The highest BCUT2D eigenvalue weighted by molar-refractivity contribution is 7.22. The molecule has 0 aliphatic carbocycles. The lowest BCUT2D eigenvalue weighted by Gasteiger charge is -2.11. The molecule has 0 spiro atoms. The Hall–Kier alpha value is -1.62. The van der Waals surface area contributed by atoms with Crippen molar-refractivity contribution >= 4 is 38.3 Å². The van der Waals surface area contributed by atoms with Crippen LogP contribution in [-0.4, -0.2) is 24.0 Å². The van der Waals surface area contributed by atoms with Gasteiger partial charge in [-0.05, 0) is 37.5 Å². The number of aromatic nitrogens is 1. The zero-order valence-electron chi connectivity index (χ0n) is 11.7. The molecule has 5 heteroatoms. The Morgan fingerprint density at radius 1 is 1.40 bits per heavy atom. The van der Waals surface area contributed by atoms with Crippen molar-refractivity contribution in [2.24, 2.45) is 0 Å². The quantitative estimate of drug-likeness (QED) is 0.934. The number of carbonyl (C=O) groups is 1. The van der Waals surface area contributed by atoms with Crippen LogP contribution in [0.4, 0.5) is 10.8 Å². The molecule has 0 radical (unpaired) electrons. The third-order valence-corrected chi connectivity index (χ3v) is 4.59. The number of amides is 1. The van der Waals surface area contributed by atoms with E-state index in [0.29, 0.717) is 6.42 Å². The number of hydrogen-bond acceptors (Lipinski definition) is 4. The molecule has 0 bridgehead atoms. The molecule has 1 fully saturated rings. The van der Waals surface area contributed by atoms with Gasteiger partial charge in [0, 0.05) is 25.2 Å². The second-order valence-corrected chi connectivity index (χ2v) is 6.18. The third-order valence-electron chi connectivity index (χ3n) is 3.51. The molecule has 1 aromatic heterocycles. The number of nitrogens with zero attached hydrogens (tertiary/aromatic N) is 2. The predicted molar refractivity (Wildman–Crippen MR) is 84.6 cm³/mol. The van der Waals surface area contributed by atoms with E-state index in [1.54, 1.807) is 11.3 Å². The van der Waals surface area contributed by atoms with E-state index in [1.807, 2.05) is 25.1 Å². The summed E-state index contributed by atoms with van der Waals surface area (Å²) < 4.78 is 1.14. The molecule has 2 aromatic rings. The molecule has 3 rings (SSSR count). The van der Waals surface area contributed by atoms with Crippen molar-refractivity contribution in [2.45, 2.75) is 32.6 Å². The SMILES string of the molecule is CCCC(=O)Nc1ccc2nc(N3CCCC3)sc2c1. The van der Waals surface area contributed by atoms with Gasteiger partial charge in [-0.15, -0.1) is 0 Å². The fourth-order valence-electron chi connectivity index (χ4n) is 2.48. The van der Waals surface area contributed by atoms with Gasteiger partial charge in [0.2, 0.25) is 5.91 Å². The molecule has 0 unspecified atom stereocenters. The average Bonchev–Trinajstić information content (AvgIpc) is 3.07. The molecule has 1 amide bonds. The average molecular weight is 289 g/mol. The summed E-state index contributed by atoms with van der Waals surface area (Å²) in [5.74, 6) is 0.0798. The fourth-order valence-corrected chi connectivity index (χ4v) is 3.54. The smallest absolute Gasteiger partial charge is 0.224 e. The van der Waals surface area contributed by atoms with E-state index in [2.05, 4.69) is 15.2 Å². The van der Waals surface area contributed by atoms with E-state index in [4.69, 9.17) is 0 Å². The summed E-state index contributed by atoms with van der Waals surface area (Å²) in [5, 5.41) is 4.05. The Kier molecular flexibility index (Phi) is 3.87. The van der Waals surface area contributed by atoms with E-state index in [1.165, 1.54) is 12.8 Å². The standard InChI is InChI=1S/C15H19N3OS/c1-2-5-14(19)16-11-6-7-12-13(10-11)20-15(17-12)18-8-3-4-9-18/h6-7,10H,2-5,8-9H2,1H3,(H,16,19). The summed E-state index contributed by atoms with van der Waals surface area (Å²) in [4.78, 5) is 18.7. The van der Waals surface area contributed by atoms with Gasteiger partial charge < -0.3 is 10.2 Å². The van der Waals surface area contributed by atoms with Crippen molar-refractivity contribution in [1.29, 1.82) is 0 Å². The number of hydrogen-bond donors (Lipinski definition) is 1. The fraction of sp³-hybridized carbons (Fsp3) is 0.467. The number of anilines is 2. The van der Waals surface area contributed by atoms with Gasteiger partial charge in [-0.25, -0.2) is 4.98 Å². The second-order valence-electron chi connectivity index (χ2n) is 5.17. The molecule has 0 atom stereocenters. The molecule has 1 aromatic carbocycles. The zero-order chi connectivity index (χ0) is 13.9. The van der Waals surface area contributed by atoms with Crippen molar-refractivity contribution in [3.8, 4) is 0 Å². The minimum Gasteiger partial charge on any atom is -0.348 e. The Morgan fingerprint density at radius 3 is 2.95 bits per heavy atom. The van der Waals surface area contributed by atoms with Crippen LogP contribution in [0.1, 0.15) is 32.6 Å². The number of nitrogens with one attached hydrogen (secondary N) is 1. The van der Waals surface area contributed by atoms with Crippen LogP contribution < -0.4 is 10.2 Å². The lowest BCUT2D eigenvalue weighted by atomic mass is 10.2. The normalized spacial score (nSPS) is 14.9. The highest BCUT2D eigenvalue weighted by Crippen LogP contribution is 2.32. The predicted octanol–water partition coefficient (Wildman–Crippen LogP) is 3.64. The first-order valence-electron chi connectivity index (χ1n) is 7.21. The Labute approximate surface area is 122 Å². The molecule has 0 saturated carbocycles. The topological polar surface area (TPSA) is 45.2 Å². The molecule has 1 aliphatic heterocycles. The van der Waals surface area contributed by atoms with Crippen LogP contribution in [0, 0.1) is 0 Å². The van der Waals surface area contributed by atoms with Crippen LogP contribution in [0.15, 0.2) is 18.2 Å². The van der Waals surface area contributed by atoms with Crippen LogP contribution in [0.5, 0.6) is 0 Å². The van der Waals surface area contributed by atoms with Gasteiger partial charge in [0.1, 0.15) is 0 Å². The van der Waals surface area contributed by atoms with Crippen LogP contribution in [0.25, 0.3) is 10.2 Å². The molecule has 1 saturated heterocycles. The molecular weight excluding hydrogens is 270 g/mol. The van der Waals surface area contributed by atoms with Crippen molar-refractivity contribution in [2.75, 3.05) is 23.3 Å². The van der Waals surface area contributed by atoms with Crippen molar-refractivity contribution in [3.05, 3.63) is 18.2 Å². The van der Waals surface area contributed by atoms with Gasteiger partial charge in [-0.3, -0.25) is 4.79 Å². The van der Waals surface area contributed by atoms with Gasteiger partial charge >= 0.3 is 0 Å². The van der Waals surface area contributed by atoms with Gasteiger partial charge in [-0.2, -0.15) is 0 Å². The highest BCUT2D eigenvalue weighted by Gasteiger charge is 2.16. The van der Waals surface area contributed by atoms with E-state index in [9.17, 15) is 4.79 Å². The minimum absolute atomic E-state index is 0.0798. The number of fused-ring (bicyclic) bond motifs is 1. The molecule has 20 heavy (non-hydrogen) atoms. The number of carbonyl (C=O) groups excluding carboxylic acids is 1. The Bertz CT molecular complexity index is 617. The Morgan fingerprint density at radius 2 is 2.20 bits per heavy atom. The van der Waals surface area contributed by atoms with Crippen molar-refractivity contribution in [1.82, 2.24) is 4.98 Å². The summed E-state index contributed by atoms with van der Waals surface area (Å²) in [6.45, 7) is 4.23. The zero-order valence-corrected chi connectivity index (χ0v) is 12.5. The maximum atomic E-state index is 11.6. The third kappa shape index (κ3) is 2.77. The van der Waals surface area contributed by atoms with Gasteiger partial charge in [0.25, 0.3) is 0 Å². The summed E-state index contributed by atoms with van der Waals surface area (Å²) in [5.41, 5.74) is 1.89. The molecule has 1 aliphatic rings. The number of rotatable bonds is 4. The molecular formula is C15H19N3OS. The van der Waals surface area contributed by atoms with Crippen molar-refractivity contribution in [3.63, 3.8) is 0 Å². The first-order valence-corrected chi connectivity index (χ1v) is 8.03. The maximum Gasteiger partial charge on any atom is 0.224 e. The van der Waals surface area contributed by atoms with E-state index in [-0.39, 0.29) is 5.91 Å². The van der Waals surface area contributed by atoms with Crippen molar-refractivity contribution < 1.29 is 4.79 Å². The van der Waals surface area contributed by atoms with Crippen LogP contribution in [0.3, 0.4) is 0 Å². The van der Waals surface area contributed by atoms with Gasteiger partial charge in [0.15, 0.2) is 5.13 Å². The summed E-state index contributed by atoms with van der Waals surface area (Å²) in [6.07, 6.45) is 3.95. The molecule has 2 heterocycles. The monoisotopic (exact) mass is 289 g/mol. The molecule has 1 N–H and O–H groups in total. The molecule has 4 nitrogen and oxygen atoms in total. The van der Waals surface area contributed by atoms with E-state index < -0.39 is 0 Å². The highest BCUT2D eigenvalue weighted by atomic mass is 32.1. The molecule has 106 valence electrons. The van der Waals surface area contributed by atoms with E-state index >= 15 is 0 Å². The van der Waals surface area contributed by atoms with Gasteiger partial charge in [0.05, 0.1) is 10.2 Å². The van der Waals surface area contributed by atoms with Crippen LogP contribution in [-0.2, 0) is 4.79 Å². The summed E-state index contributed by atoms with van der Waals surface area (Å²) in [7, 11) is 0. The Balaban J connectivity index is 1.81. The lowest BCUT2D eigenvalue weighted by molar-refractivity contribution is -0.116. The lowest BCUT2D eigenvalue weighted by Crippen LogP contribution is -2.16. The summed E-state index contributed by atoms with van der Waals surface area (Å²) >= 11 is 1.71. The minimum atomic E-state index is 0.0798. The van der Waals surface area contributed by atoms with Crippen LogP contribution in [0.2, 0.25) is 0 Å². The largest absolute Gasteiger partial charge is 0.348 e. The second kappa shape index (κ2) is 5.79. The number of benzene rings is 1.